The lowest BCUT2D eigenvalue weighted by Crippen LogP contribution is -2.24. The molecule has 0 aliphatic carbocycles. The van der Waals surface area contributed by atoms with Gasteiger partial charge < -0.3 is 4.74 Å². The smallest absolute Gasteiger partial charge is 0.310 e. The van der Waals surface area contributed by atoms with Crippen LogP contribution in [0.1, 0.15) is 45.7 Å². The number of hydrogen-bond donors (Lipinski definition) is 0. The molecule has 0 spiro atoms. The van der Waals surface area contributed by atoms with E-state index in [4.69, 9.17) is 10.00 Å². The first-order chi connectivity index (χ1) is 8.64. The Morgan fingerprint density at radius 3 is 2.11 bits per heavy atom. The van der Waals surface area contributed by atoms with E-state index < -0.39 is 11.0 Å². The van der Waals surface area contributed by atoms with Gasteiger partial charge in [-0.05, 0) is 45.7 Å². The second-order valence-electron chi connectivity index (χ2n) is 6.20. The van der Waals surface area contributed by atoms with Gasteiger partial charge in [0.25, 0.3) is 0 Å². The zero-order valence-corrected chi connectivity index (χ0v) is 12.3. The molecule has 1 rings (SSSR count). The summed E-state index contributed by atoms with van der Waals surface area (Å²) < 4.78 is 5.27. The maximum Gasteiger partial charge on any atom is 0.310 e. The minimum absolute atomic E-state index is 0.236. The Morgan fingerprint density at radius 2 is 1.68 bits per heavy atom. The van der Waals surface area contributed by atoms with Gasteiger partial charge in [0.05, 0.1) is 17.9 Å². The molecule has 0 atom stereocenters. The first-order valence-corrected chi connectivity index (χ1v) is 6.36. The maximum absolute atomic E-state index is 11.7. The molecule has 102 valence electrons. The summed E-state index contributed by atoms with van der Waals surface area (Å²) in [5.41, 5.74) is 0.874. The molecule has 1 aromatic carbocycles. The van der Waals surface area contributed by atoms with Crippen LogP contribution in [0, 0.1) is 11.3 Å². The Hall–Kier alpha value is -1.82. The number of nitrogens with zero attached hydrogens (tertiary/aromatic N) is 1. The average molecular weight is 259 g/mol. The highest BCUT2D eigenvalue weighted by atomic mass is 16.6. The zero-order valence-electron chi connectivity index (χ0n) is 12.3. The summed E-state index contributed by atoms with van der Waals surface area (Å²) in [6.07, 6.45) is 0.254. The van der Waals surface area contributed by atoms with Crippen LogP contribution in [0.5, 0.6) is 0 Å². The topological polar surface area (TPSA) is 50.1 Å². The molecule has 0 unspecified atom stereocenters. The summed E-state index contributed by atoms with van der Waals surface area (Å²) in [7, 11) is 0. The van der Waals surface area contributed by atoms with Crippen molar-refractivity contribution >= 4 is 5.97 Å². The van der Waals surface area contributed by atoms with Gasteiger partial charge in [-0.3, -0.25) is 4.79 Å². The number of carbonyl (C=O) groups is 1. The van der Waals surface area contributed by atoms with Crippen molar-refractivity contribution in [1.82, 2.24) is 0 Å². The molecular weight excluding hydrogens is 238 g/mol. The number of hydrogen-bond acceptors (Lipinski definition) is 3. The van der Waals surface area contributed by atoms with Crippen molar-refractivity contribution in [2.45, 2.75) is 52.1 Å². The molecule has 19 heavy (non-hydrogen) atoms. The van der Waals surface area contributed by atoms with E-state index in [0.29, 0.717) is 0 Å². The molecule has 3 heteroatoms. The number of benzene rings is 1. The molecule has 0 aliphatic rings. The van der Waals surface area contributed by atoms with Crippen molar-refractivity contribution in [1.29, 1.82) is 5.26 Å². The highest BCUT2D eigenvalue weighted by Crippen LogP contribution is 2.22. The summed E-state index contributed by atoms with van der Waals surface area (Å²) in [5, 5.41) is 9.07. The Morgan fingerprint density at radius 1 is 1.16 bits per heavy atom. The average Bonchev–Trinajstić information content (AvgIpc) is 2.27. The van der Waals surface area contributed by atoms with Crippen molar-refractivity contribution in [2.24, 2.45) is 0 Å². The maximum atomic E-state index is 11.7. The van der Waals surface area contributed by atoms with Gasteiger partial charge in [-0.2, -0.15) is 5.26 Å². The van der Waals surface area contributed by atoms with Crippen LogP contribution in [0.2, 0.25) is 0 Å². The number of ether oxygens (including phenoxy) is 1. The molecule has 3 nitrogen and oxygen atoms in total. The second-order valence-corrected chi connectivity index (χ2v) is 6.20. The van der Waals surface area contributed by atoms with Crippen LogP contribution in [-0.4, -0.2) is 11.6 Å². The van der Waals surface area contributed by atoms with Crippen LogP contribution >= 0.6 is 0 Å². The van der Waals surface area contributed by atoms with Crippen molar-refractivity contribution in [3.8, 4) is 6.07 Å². The molecule has 0 aliphatic heterocycles. The summed E-state index contributed by atoms with van der Waals surface area (Å²) in [6, 6.07) is 9.79. The first kappa shape index (κ1) is 15.2. The monoisotopic (exact) mass is 259 g/mol. The van der Waals surface area contributed by atoms with Crippen LogP contribution in [0.3, 0.4) is 0 Å². The Labute approximate surface area is 115 Å². The van der Waals surface area contributed by atoms with Crippen molar-refractivity contribution < 1.29 is 9.53 Å². The largest absolute Gasteiger partial charge is 0.460 e. The zero-order chi connectivity index (χ0) is 14.7. The van der Waals surface area contributed by atoms with E-state index in [0.717, 1.165) is 11.1 Å². The number of carbonyl (C=O) groups excluding carboxylic acids is 1. The normalized spacial score (nSPS) is 11.8. The van der Waals surface area contributed by atoms with E-state index in [2.05, 4.69) is 6.07 Å². The predicted octanol–water partition coefficient (Wildman–Crippen LogP) is 3.37. The number of rotatable bonds is 3. The van der Waals surface area contributed by atoms with Crippen LogP contribution in [0.4, 0.5) is 0 Å². The van der Waals surface area contributed by atoms with Gasteiger partial charge >= 0.3 is 5.97 Å². The summed E-state index contributed by atoms with van der Waals surface area (Å²) in [6.45, 7) is 9.29. The van der Waals surface area contributed by atoms with Crippen LogP contribution in [0.15, 0.2) is 24.3 Å². The van der Waals surface area contributed by atoms with Crippen LogP contribution < -0.4 is 0 Å². The van der Waals surface area contributed by atoms with E-state index in [1.807, 2.05) is 58.9 Å². The molecule has 0 radical (unpaired) electrons. The summed E-state index contributed by atoms with van der Waals surface area (Å²) >= 11 is 0. The molecule has 0 fully saturated rings. The lowest BCUT2D eigenvalue weighted by Gasteiger charge is -2.20. The number of esters is 1. The van der Waals surface area contributed by atoms with E-state index in [9.17, 15) is 4.79 Å². The molecule has 0 heterocycles. The van der Waals surface area contributed by atoms with E-state index in [1.54, 1.807) is 0 Å². The fraction of sp³-hybridized carbons (Fsp3) is 0.500. The van der Waals surface area contributed by atoms with Gasteiger partial charge in [-0.25, -0.2) is 0 Å². The highest BCUT2D eigenvalue weighted by molar-refractivity contribution is 5.73. The molecule has 0 saturated carbocycles. The van der Waals surface area contributed by atoms with Crippen molar-refractivity contribution in [3.05, 3.63) is 35.4 Å². The minimum atomic E-state index is -0.509. The van der Waals surface area contributed by atoms with E-state index in [1.165, 1.54) is 0 Å². The predicted molar refractivity (Wildman–Crippen MR) is 74.6 cm³/mol. The van der Waals surface area contributed by atoms with Crippen molar-refractivity contribution in [3.63, 3.8) is 0 Å². The Kier molecular flexibility index (Phi) is 4.36. The van der Waals surface area contributed by atoms with Gasteiger partial charge in [-0.15, -0.1) is 0 Å². The fourth-order valence-electron chi connectivity index (χ4n) is 1.65. The van der Waals surface area contributed by atoms with Crippen LogP contribution in [0.25, 0.3) is 0 Å². The minimum Gasteiger partial charge on any atom is -0.460 e. The Bertz CT molecular complexity index is 487. The molecule has 0 saturated heterocycles. The van der Waals surface area contributed by atoms with Gasteiger partial charge in [-0.1, -0.05) is 24.3 Å². The van der Waals surface area contributed by atoms with Gasteiger partial charge in [0, 0.05) is 0 Å². The molecule has 0 aromatic heterocycles. The third kappa shape index (κ3) is 4.75. The second kappa shape index (κ2) is 5.44. The quantitative estimate of drug-likeness (QED) is 0.782. The molecule has 1 aromatic rings. The molecular formula is C16H21NO2. The highest BCUT2D eigenvalue weighted by Gasteiger charge is 2.20. The van der Waals surface area contributed by atoms with E-state index >= 15 is 0 Å². The fourth-order valence-corrected chi connectivity index (χ4v) is 1.65. The van der Waals surface area contributed by atoms with Gasteiger partial charge in [0.15, 0.2) is 0 Å². The van der Waals surface area contributed by atoms with Gasteiger partial charge in [0.2, 0.25) is 0 Å². The summed E-state index contributed by atoms with van der Waals surface area (Å²) in [5.74, 6) is -0.236. The number of nitriles is 1. The molecule has 0 N–H and O–H groups in total. The van der Waals surface area contributed by atoms with Crippen molar-refractivity contribution in [2.75, 3.05) is 0 Å². The summed E-state index contributed by atoms with van der Waals surface area (Å²) in [4.78, 5) is 11.7. The SMILES string of the molecule is CC(C)(C)OC(=O)Cc1ccc(C(C)(C)C#N)cc1. The standard InChI is InChI=1S/C16H21NO2/c1-15(2,3)19-14(18)10-12-6-8-13(9-7-12)16(4,5)11-17/h6-9H,10H2,1-5H3. The third-order valence-electron chi connectivity index (χ3n) is 2.72. The third-order valence-corrected chi connectivity index (χ3v) is 2.72. The molecule has 0 bridgehead atoms. The lowest BCUT2D eigenvalue weighted by molar-refractivity contribution is -0.153. The van der Waals surface area contributed by atoms with E-state index in [-0.39, 0.29) is 12.4 Å². The van der Waals surface area contributed by atoms with Gasteiger partial charge in [0.1, 0.15) is 5.60 Å². The lowest BCUT2D eigenvalue weighted by atomic mass is 9.86. The molecule has 0 amide bonds. The first-order valence-electron chi connectivity index (χ1n) is 6.36. The van der Waals surface area contributed by atoms with Crippen LogP contribution in [-0.2, 0) is 21.4 Å². The Balaban J connectivity index is 2.74.